The first kappa shape index (κ1) is 17.7. The number of carbonyl (C=O) groups excluding carboxylic acids is 1. The summed E-state index contributed by atoms with van der Waals surface area (Å²) in [7, 11) is 0. The van der Waals surface area contributed by atoms with Crippen molar-refractivity contribution >= 4 is 16.8 Å². The zero-order chi connectivity index (χ0) is 19.2. The van der Waals surface area contributed by atoms with E-state index in [2.05, 4.69) is 22.4 Å². The molecule has 0 bridgehead atoms. The molecule has 0 aliphatic rings. The second-order valence-corrected chi connectivity index (χ2v) is 6.45. The summed E-state index contributed by atoms with van der Waals surface area (Å²) in [6.07, 6.45) is 2.52. The Morgan fingerprint density at radius 1 is 0.893 bits per heavy atom. The number of hydrogen-bond acceptors (Lipinski definition) is 3. The normalized spacial score (nSPS) is 10.6. The van der Waals surface area contributed by atoms with Gasteiger partial charge < -0.3 is 10.1 Å². The Labute approximate surface area is 163 Å². The number of hydrogen-bond donors (Lipinski definition) is 1. The highest BCUT2D eigenvalue weighted by molar-refractivity contribution is 5.94. The van der Waals surface area contributed by atoms with Gasteiger partial charge in [-0.3, -0.25) is 9.78 Å². The van der Waals surface area contributed by atoms with Crippen LogP contribution in [-0.4, -0.2) is 17.4 Å². The molecule has 0 atom stereocenters. The highest BCUT2D eigenvalue weighted by atomic mass is 16.5. The summed E-state index contributed by atoms with van der Waals surface area (Å²) in [5, 5.41) is 3.90. The summed E-state index contributed by atoms with van der Waals surface area (Å²) in [6.45, 7) is 0.586. The maximum atomic E-state index is 12.5. The van der Waals surface area contributed by atoms with Crippen LogP contribution in [0.25, 0.3) is 10.9 Å². The van der Waals surface area contributed by atoms with Crippen LogP contribution in [0, 0.1) is 0 Å². The van der Waals surface area contributed by atoms with Crippen LogP contribution >= 0.6 is 0 Å². The van der Waals surface area contributed by atoms with Gasteiger partial charge in [-0.2, -0.15) is 0 Å². The minimum Gasteiger partial charge on any atom is -0.457 e. The third-order valence-electron chi connectivity index (χ3n) is 4.48. The predicted molar refractivity (Wildman–Crippen MR) is 111 cm³/mol. The number of aromatic nitrogens is 1. The van der Waals surface area contributed by atoms with Crippen LogP contribution in [0.1, 0.15) is 15.9 Å². The molecule has 0 aliphatic heterocycles. The Morgan fingerprint density at radius 3 is 2.61 bits per heavy atom. The number of ether oxygens (including phenoxy) is 1. The van der Waals surface area contributed by atoms with E-state index in [0.29, 0.717) is 23.6 Å². The summed E-state index contributed by atoms with van der Waals surface area (Å²) in [6, 6.07) is 26.9. The fourth-order valence-corrected chi connectivity index (χ4v) is 3.05. The number of carbonyl (C=O) groups is 1. The topological polar surface area (TPSA) is 51.2 Å². The smallest absolute Gasteiger partial charge is 0.251 e. The summed E-state index contributed by atoms with van der Waals surface area (Å²) in [5.74, 6) is 1.22. The number of amides is 1. The van der Waals surface area contributed by atoms with Crippen LogP contribution in [0.2, 0.25) is 0 Å². The van der Waals surface area contributed by atoms with Gasteiger partial charge in [-0.1, -0.05) is 48.5 Å². The van der Waals surface area contributed by atoms with Crippen molar-refractivity contribution in [1.82, 2.24) is 10.3 Å². The van der Waals surface area contributed by atoms with Crippen LogP contribution in [0.15, 0.2) is 91.1 Å². The van der Waals surface area contributed by atoms with Crippen LogP contribution in [0.4, 0.5) is 0 Å². The second kappa shape index (κ2) is 8.35. The standard InChI is InChI=1S/C24H20N2O2/c27-24(26-15-13-18-7-2-1-3-8-18)19-9-6-10-20(17-19)28-23-14-16-25-22-12-5-4-11-21(22)23/h1-12,14,16-17H,13,15H2,(H,26,27). The summed E-state index contributed by atoms with van der Waals surface area (Å²) in [5.41, 5.74) is 2.64. The Balaban J connectivity index is 1.44. The van der Waals surface area contributed by atoms with Crippen molar-refractivity contribution < 1.29 is 9.53 Å². The van der Waals surface area contributed by atoms with E-state index in [1.165, 1.54) is 5.56 Å². The Bertz CT molecular complexity index is 1090. The van der Waals surface area contributed by atoms with Crippen molar-refractivity contribution in [2.75, 3.05) is 6.54 Å². The molecule has 28 heavy (non-hydrogen) atoms. The molecule has 0 saturated heterocycles. The maximum absolute atomic E-state index is 12.5. The van der Waals surface area contributed by atoms with Crippen LogP contribution in [0.5, 0.6) is 11.5 Å². The van der Waals surface area contributed by atoms with Gasteiger partial charge >= 0.3 is 0 Å². The highest BCUT2D eigenvalue weighted by Crippen LogP contribution is 2.28. The van der Waals surface area contributed by atoms with Gasteiger partial charge in [0, 0.05) is 23.7 Å². The van der Waals surface area contributed by atoms with Gasteiger partial charge in [0.05, 0.1) is 5.52 Å². The van der Waals surface area contributed by atoms with E-state index in [-0.39, 0.29) is 5.91 Å². The lowest BCUT2D eigenvalue weighted by Crippen LogP contribution is -2.25. The molecule has 0 spiro atoms. The first-order valence-electron chi connectivity index (χ1n) is 9.23. The molecule has 3 aromatic carbocycles. The van der Waals surface area contributed by atoms with Crippen LogP contribution < -0.4 is 10.1 Å². The van der Waals surface area contributed by atoms with E-state index in [0.717, 1.165) is 17.3 Å². The fourth-order valence-electron chi connectivity index (χ4n) is 3.05. The lowest BCUT2D eigenvalue weighted by atomic mass is 10.1. The van der Waals surface area contributed by atoms with E-state index in [4.69, 9.17) is 4.74 Å². The minimum atomic E-state index is -0.110. The summed E-state index contributed by atoms with van der Waals surface area (Å²) < 4.78 is 6.04. The molecule has 0 unspecified atom stereocenters. The minimum absolute atomic E-state index is 0.110. The van der Waals surface area contributed by atoms with Crippen molar-refractivity contribution in [2.45, 2.75) is 6.42 Å². The second-order valence-electron chi connectivity index (χ2n) is 6.45. The third kappa shape index (κ3) is 4.18. The maximum Gasteiger partial charge on any atom is 0.251 e. The van der Waals surface area contributed by atoms with Gasteiger partial charge in [0.25, 0.3) is 5.91 Å². The lowest BCUT2D eigenvalue weighted by molar-refractivity contribution is 0.0954. The van der Waals surface area contributed by atoms with Crippen molar-refractivity contribution in [1.29, 1.82) is 0 Å². The molecule has 0 saturated carbocycles. The number of rotatable bonds is 6. The number of nitrogens with zero attached hydrogens (tertiary/aromatic N) is 1. The van der Waals surface area contributed by atoms with Crippen LogP contribution in [-0.2, 0) is 6.42 Å². The molecule has 1 aromatic heterocycles. The predicted octanol–water partition coefficient (Wildman–Crippen LogP) is 5.00. The quantitative estimate of drug-likeness (QED) is 0.521. The molecule has 0 aliphatic carbocycles. The van der Waals surface area contributed by atoms with Crippen LogP contribution in [0.3, 0.4) is 0 Å². The van der Waals surface area contributed by atoms with Gasteiger partial charge in [-0.05, 0) is 48.4 Å². The SMILES string of the molecule is O=C(NCCc1ccccc1)c1cccc(Oc2ccnc3ccccc23)c1. The fraction of sp³-hybridized carbons (Fsp3) is 0.0833. The van der Waals surface area contributed by atoms with Gasteiger partial charge in [0.2, 0.25) is 0 Å². The zero-order valence-corrected chi connectivity index (χ0v) is 15.3. The highest BCUT2D eigenvalue weighted by Gasteiger charge is 2.08. The Hall–Kier alpha value is -3.66. The summed E-state index contributed by atoms with van der Waals surface area (Å²) in [4.78, 5) is 16.8. The monoisotopic (exact) mass is 368 g/mol. The molecule has 138 valence electrons. The van der Waals surface area contributed by atoms with Gasteiger partial charge in [-0.25, -0.2) is 0 Å². The molecule has 1 amide bonds. The van der Waals surface area contributed by atoms with E-state index in [1.54, 1.807) is 18.3 Å². The molecular weight excluding hydrogens is 348 g/mol. The van der Waals surface area contributed by atoms with Gasteiger partial charge in [0.15, 0.2) is 0 Å². The zero-order valence-electron chi connectivity index (χ0n) is 15.3. The number of fused-ring (bicyclic) bond motifs is 1. The molecule has 4 nitrogen and oxygen atoms in total. The van der Waals surface area contributed by atoms with Gasteiger partial charge in [-0.15, -0.1) is 0 Å². The third-order valence-corrected chi connectivity index (χ3v) is 4.48. The number of pyridine rings is 1. The largest absolute Gasteiger partial charge is 0.457 e. The molecular formula is C24H20N2O2. The molecule has 4 heteroatoms. The van der Waals surface area contributed by atoms with Crippen molar-refractivity contribution in [3.63, 3.8) is 0 Å². The van der Waals surface area contributed by atoms with Gasteiger partial charge in [0.1, 0.15) is 11.5 Å². The Kier molecular flexibility index (Phi) is 5.29. The average molecular weight is 368 g/mol. The van der Waals surface area contributed by atoms with E-state index >= 15 is 0 Å². The number of para-hydroxylation sites is 1. The average Bonchev–Trinajstić information content (AvgIpc) is 2.75. The lowest BCUT2D eigenvalue weighted by Gasteiger charge is -2.10. The first-order chi connectivity index (χ1) is 13.8. The van der Waals surface area contributed by atoms with Crippen molar-refractivity contribution in [3.8, 4) is 11.5 Å². The first-order valence-corrected chi connectivity index (χ1v) is 9.23. The van der Waals surface area contributed by atoms with E-state index < -0.39 is 0 Å². The molecule has 1 heterocycles. The molecule has 4 aromatic rings. The van der Waals surface area contributed by atoms with Crippen molar-refractivity contribution in [3.05, 3.63) is 102 Å². The number of benzene rings is 3. The molecule has 0 fully saturated rings. The molecule has 0 radical (unpaired) electrons. The molecule has 1 N–H and O–H groups in total. The van der Waals surface area contributed by atoms with Crippen molar-refractivity contribution in [2.24, 2.45) is 0 Å². The van der Waals surface area contributed by atoms with E-state index in [9.17, 15) is 4.79 Å². The summed E-state index contributed by atoms with van der Waals surface area (Å²) >= 11 is 0. The molecule has 4 rings (SSSR count). The number of nitrogens with one attached hydrogen (secondary N) is 1. The van der Waals surface area contributed by atoms with E-state index in [1.807, 2.05) is 60.7 Å². The Morgan fingerprint density at radius 2 is 1.71 bits per heavy atom.